The number of methoxy groups -OCH3 is 1. The number of hydrogen-bond acceptors (Lipinski definition) is 2. The van der Waals surface area contributed by atoms with Gasteiger partial charge in [-0.05, 0) is 50.5 Å². The fourth-order valence-electron chi connectivity index (χ4n) is 3.76. The summed E-state index contributed by atoms with van der Waals surface area (Å²) in [4.78, 5) is 0. The predicted molar refractivity (Wildman–Crippen MR) is 74.2 cm³/mol. The number of hydrogen-bond donors (Lipinski definition) is 1. The summed E-state index contributed by atoms with van der Waals surface area (Å²) in [6.07, 6.45) is 6.87. The first-order chi connectivity index (χ1) is 8.12. The van der Waals surface area contributed by atoms with Gasteiger partial charge in [-0.15, -0.1) is 0 Å². The topological polar surface area (TPSA) is 21.3 Å². The Labute approximate surface area is 108 Å². The van der Waals surface area contributed by atoms with Gasteiger partial charge in [0.05, 0.1) is 6.10 Å². The van der Waals surface area contributed by atoms with Crippen LogP contribution in [0, 0.1) is 17.8 Å². The Balaban J connectivity index is 2.64. The molecule has 1 fully saturated rings. The molecule has 0 amide bonds. The van der Waals surface area contributed by atoms with E-state index in [2.05, 4.69) is 33.1 Å². The quantitative estimate of drug-likeness (QED) is 0.769. The monoisotopic (exact) mass is 241 g/mol. The zero-order valence-corrected chi connectivity index (χ0v) is 12.3. The van der Waals surface area contributed by atoms with Crippen molar-refractivity contribution < 1.29 is 4.74 Å². The molecule has 0 aromatic heterocycles. The van der Waals surface area contributed by atoms with E-state index in [0.29, 0.717) is 12.1 Å². The second-order valence-electron chi connectivity index (χ2n) is 6.05. The van der Waals surface area contributed by atoms with Gasteiger partial charge < -0.3 is 10.1 Å². The Bertz CT molecular complexity index is 197. The van der Waals surface area contributed by atoms with Crippen LogP contribution in [0.5, 0.6) is 0 Å². The third-order valence-corrected chi connectivity index (χ3v) is 4.33. The highest BCUT2D eigenvalue weighted by Crippen LogP contribution is 2.36. The predicted octanol–water partition coefficient (Wildman–Crippen LogP) is 3.46. The van der Waals surface area contributed by atoms with Crippen molar-refractivity contribution >= 4 is 0 Å². The van der Waals surface area contributed by atoms with Crippen molar-refractivity contribution in [2.75, 3.05) is 14.2 Å². The Morgan fingerprint density at radius 1 is 1.18 bits per heavy atom. The van der Waals surface area contributed by atoms with E-state index >= 15 is 0 Å². The second-order valence-corrected chi connectivity index (χ2v) is 6.05. The van der Waals surface area contributed by atoms with E-state index in [1.54, 1.807) is 0 Å². The number of likely N-dealkylation sites (N-methyl/N-ethyl adjacent to an activating group) is 1. The molecule has 0 saturated heterocycles. The molecule has 1 N–H and O–H groups in total. The summed E-state index contributed by atoms with van der Waals surface area (Å²) in [6.45, 7) is 7.04. The molecule has 1 aliphatic carbocycles. The van der Waals surface area contributed by atoms with Crippen molar-refractivity contribution in [3.05, 3.63) is 0 Å². The van der Waals surface area contributed by atoms with Crippen molar-refractivity contribution in [1.82, 2.24) is 5.32 Å². The zero-order chi connectivity index (χ0) is 12.8. The molecule has 0 radical (unpaired) electrons. The Hall–Kier alpha value is -0.0800. The number of nitrogens with one attached hydrogen (secondary N) is 1. The van der Waals surface area contributed by atoms with Gasteiger partial charge in [-0.25, -0.2) is 0 Å². The van der Waals surface area contributed by atoms with E-state index in [-0.39, 0.29) is 0 Å². The summed E-state index contributed by atoms with van der Waals surface area (Å²) in [5.74, 6) is 2.53. The highest BCUT2D eigenvalue weighted by atomic mass is 16.5. The molecule has 17 heavy (non-hydrogen) atoms. The maximum Gasteiger partial charge on any atom is 0.0726 e. The lowest BCUT2D eigenvalue weighted by Gasteiger charge is -2.39. The van der Waals surface area contributed by atoms with Crippen LogP contribution in [0.4, 0.5) is 0 Å². The average Bonchev–Trinajstić information content (AvgIpc) is 2.27. The van der Waals surface area contributed by atoms with Gasteiger partial charge >= 0.3 is 0 Å². The fourth-order valence-corrected chi connectivity index (χ4v) is 3.76. The summed E-state index contributed by atoms with van der Waals surface area (Å²) in [5.41, 5.74) is 0. The minimum atomic E-state index is 0.382. The number of ether oxygens (including phenoxy) is 1. The van der Waals surface area contributed by atoms with Crippen molar-refractivity contribution in [1.29, 1.82) is 0 Å². The summed E-state index contributed by atoms with van der Waals surface area (Å²) in [5, 5.41) is 3.52. The molecule has 1 saturated carbocycles. The molecular weight excluding hydrogens is 210 g/mol. The first-order valence-corrected chi connectivity index (χ1v) is 7.32. The van der Waals surface area contributed by atoms with Crippen molar-refractivity contribution in [3.63, 3.8) is 0 Å². The SMILES string of the molecule is CCCC(OC)C(NC)C1CC(C)CC(C)C1. The molecule has 2 nitrogen and oxygen atoms in total. The van der Waals surface area contributed by atoms with Crippen LogP contribution in [0.2, 0.25) is 0 Å². The van der Waals surface area contributed by atoms with Crippen LogP contribution in [-0.4, -0.2) is 26.3 Å². The molecular formula is C15H31NO. The summed E-state index contributed by atoms with van der Waals surface area (Å²) in [6, 6.07) is 0.533. The molecule has 1 aliphatic rings. The Morgan fingerprint density at radius 3 is 2.18 bits per heavy atom. The largest absolute Gasteiger partial charge is 0.380 e. The van der Waals surface area contributed by atoms with E-state index in [1.165, 1.54) is 32.1 Å². The van der Waals surface area contributed by atoms with Crippen molar-refractivity contribution in [2.45, 2.75) is 65.0 Å². The van der Waals surface area contributed by atoms with E-state index in [4.69, 9.17) is 4.74 Å². The van der Waals surface area contributed by atoms with Crippen LogP contribution in [0.25, 0.3) is 0 Å². The molecule has 0 aromatic rings. The van der Waals surface area contributed by atoms with Gasteiger partial charge in [0, 0.05) is 13.2 Å². The normalized spacial score (nSPS) is 33.4. The average molecular weight is 241 g/mol. The Kier molecular flexibility index (Phi) is 6.50. The van der Waals surface area contributed by atoms with Crippen LogP contribution in [-0.2, 0) is 4.74 Å². The lowest BCUT2D eigenvalue weighted by molar-refractivity contribution is 0.0255. The van der Waals surface area contributed by atoms with E-state index < -0.39 is 0 Å². The fraction of sp³-hybridized carbons (Fsp3) is 1.00. The maximum atomic E-state index is 5.70. The lowest BCUT2D eigenvalue weighted by atomic mass is 9.72. The van der Waals surface area contributed by atoms with Gasteiger partial charge in [-0.3, -0.25) is 0 Å². The maximum absolute atomic E-state index is 5.70. The highest BCUT2D eigenvalue weighted by Gasteiger charge is 2.33. The molecule has 4 unspecified atom stereocenters. The standard InChI is InChI=1S/C15H31NO/c1-6-7-14(17-5)15(16-4)13-9-11(2)8-12(3)10-13/h11-16H,6-10H2,1-5H3. The summed E-state index contributed by atoms with van der Waals surface area (Å²) in [7, 11) is 3.95. The van der Waals surface area contributed by atoms with Gasteiger partial charge in [0.1, 0.15) is 0 Å². The van der Waals surface area contributed by atoms with Crippen LogP contribution in [0.15, 0.2) is 0 Å². The molecule has 0 spiro atoms. The van der Waals surface area contributed by atoms with Crippen molar-refractivity contribution in [3.8, 4) is 0 Å². The van der Waals surface area contributed by atoms with Crippen LogP contribution in [0.1, 0.15) is 52.9 Å². The third-order valence-electron chi connectivity index (χ3n) is 4.33. The minimum Gasteiger partial charge on any atom is -0.380 e. The van der Waals surface area contributed by atoms with E-state index in [0.717, 1.165) is 17.8 Å². The smallest absolute Gasteiger partial charge is 0.0726 e. The summed E-state index contributed by atoms with van der Waals surface area (Å²) < 4.78 is 5.70. The van der Waals surface area contributed by atoms with Gasteiger partial charge in [-0.1, -0.05) is 27.2 Å². The third kappa shape index (κ3) is 4.26. The van der Waals surface area contributed by atoms with Crippen LogP contribution < -0.4 is 5.32 Å². The van der Waals surface area contributed by atoms with Gasteiger partial charge in [0.2, 0.25) is 0 Å². The first-order valence-electron chi connectivity index (χ1n) is 7.32. The highest BCUT2D eigenvalue weighted by molar-refractivity contribution is 4.87. The molecule has 0 aliphatic heterocycles. The second kappa shape index (κ2) is 7.38. The molecule has 2 heteroatoms. The molecule has 0 heterocycles. The van der Waals surface area contributed by atoms with E-state index in [1.807, 2.05) is 7.11 Å². The van der Waals surface area contributed by atoms with Gasteiger partial charge in [0.15, 0.2) is 0 Å². The molecule has 102 valence electrons. The van der Waals surface area contributed by atoms with Crippen LogP contribution in [0.3, 0.4) is 0 Å². The minimum absolute atomic E-state index is 0.382. The molecule has 1 rings (SSSR count). The molecule has 0 aromatic carbocycles. The van der Waals surface area contributed by atoms with Gasteiger partial charge in [0.25, 0.3) is 0 Å². The van der Waals surface area contributed by atoms with E-state index in [9.17, 15) is 0 Å². The zero-order valence-electron chi connectivity index (χ0n) is 12.3. The van der Waals surface area contributed by atoms with Gasteiger partial charge in [-0.2, -0.15) is 0 Å². The lowest BCUT2D eigenvalue weighted by Crippen LogP contribution is -2.46. The van der Waals surface area contributed by atoms with Crippen LogP contribution >= 0.6 is 0 Å². The molecule has 4 atom stereocenters. The van der Waals surface area contributed by atoms with Crippen molar-refractivity contribution in [2.24, 2.45) is 17.8 Å². The molecule has 0 bridgehead atoms. The Morgan fingerprint density at radius 2 is 1.76 bits per heavy atom. The first kappa shape index (κ1) is 15.0. The number of rotatable bonds is 6. The summed E-state index contributed by atoms with van der Waals surface area (Å²) >= 11 is 0.